The number of anilines is 1. The number of halogens is 1. The number of carbonyl (C=O) groups is 1. The maximum atomic E-state index is 12.6. The van der Waals surface area contributed by atoms with Gasteiger partial charge in [-0.3, -0.25) is 9.88 Å². The molecule has 2 aromatic carbocycles. The third-order valence-corrected chi connectivity index (χ3v) is 5.46. The molecule has 7 nitrogen and oxygen atoms in total. The van der Waals surface area contributed by atoms with Gasteiger partial charge in [-0.05, 0) is 29.8 Å². The zero-order valence-corrected chi connectivity index (χ0v) is 19.7. The molecule has 178 valence electrons. The number of ether oxygens (including phenoxy) is 1. The summed E-state index contributed by atoms with van der Waals surface area (Å²) in [5.41, 5.74) is 2.60. The maximum absolute atomic E-state index is 12.6. The molecule has 4 rings (SSSR count). The van der Waals surface area contributed by atoms with Crippen molar-refractivity contribution in [2.24, 2.45) is 5.16 Å². The molecule has 0 aliphatic carbocycles. The lowest BCUT2D eigenvalue weighted by Crippen LogP contribution is -2.49. The molecule has 3 aromatic rings. The SMILES string of the molecule is Cl.O=C(OC(CON=Cc1ccccc1)CN1CCN(c2ccccc2)CC1)c1cccnc1. The van der Waals surface area contributed by atoms with Gasteiger partial charge >= 0.3 is 5.97 Å². The molecule has 0 bridgehead atoms. The lowest BCUT2D eigenvalue weighted by Gasteiger charge is -2.37. The van der Waals surface area contributed by atoms with Crippen LogP contribution in [0.25, 0.3) is 0 Å². The van der Waals surface area contributed by atoms with Gasteiger partial charge < -0.3 is 14.5 Å². The Labute approximate surface area is 206 Å². The minimum absolute atomic E-state index is 0. The van der Waals surface area contributed by atoms with Gasteiger partial charge in [0, 0.05) is 50.8 Å². The van der Waals surface area contributed by atoms with Crippen LogP contribution in [0.5, 0.6) is 0 Å². The first kappa shape index (κ1) is 25.2. The Morgan fingerprint density at radius 1 is 0.971 bits per heavy atom. The van der Waals surface area contributed by atoms with Crippen LogP contribution in [0.1, 0.15) is 15.9 Å². The van der Waals surface area contributed by atoms with E-state index in [-0.39, 0.29) is 19.0 Å². The van der Waals surface area contributed by atoms with Crippen molar-refractivity contribution >= 4 is 30.3 Å². The van der Waals surface area contributed by atoms with Gasteiger partial charge in [-0.15, -0.1) is 12.4 Å². The van der Waals surface area contributed by atoms with E-state index in [1.807, 2.05) is 36.4 Å². The van der Waals surface area contributed by atoms with Crippen LogP contribution in [0.2, 0.25) is 0 Å². The van der Waals surface area contributed by atoms with E-state index in [0.717, 1.165) is 31.7 Å². The molecule has 1 saturated heterocycles. The van der Waals surface area contributed by atoms with Crippen LogP contribution >= 0.6 is 12.4 Å². The summed E-state index contributed by atoms with van der Waals surface area (Å²) in [5, 5.41) is 4.05. The van der Waals surface area contributed by atoms with Gasteiger partial charge in [0.25, 0.3) is 0 Å². The molecule has 8 heteroatoms. The minimum atomic E-state index is -0.450. The highest BCUT2D eigenvalue weighted by molar-refractivity contribution is 5.89. The van der Waals surface area contributed by atoms with E-state index in [1.165, 1.54) is 11.9 Å². The van der Waals surface area contributed by atoms with Crippen molar-refractivity contribution in [2.75, 3.05) is 44.2 Å². The number of piperazine rings is 1. The van der Waals surface area contributed by atoms with Crippen LogP contribution in [0, 0.1) is 0 Å². The Bertz CT molecular complexity index is 1010. The van der Waals surface area contributed by atoms with Crippen molar-refractivity contribution in [1.82, 2.24) is 9.88 Å². The molecule has 1 aliphatic rings. The van der Waals surface area contributed by atoms with E-state index < -0.39 is 12.1 Å². The van der Waals surface area contributed by atoms with Crippen molar-refractivity contribution in [3.05, 3.63) is 96.3 Å². The van der Waals surface area contributed by atoms with Crippen molar-refractivity contribution in [2.45, 2.75) is 6.10 Å². The van der Waals surface area contributed by atoms with Crippen LogP contribution in [0.15, 0.2) is 90.3 Å². The first-order valence-corrected chi connectivity index (χ1v) is 11.1. The number of hydrogen-bond acceptors (Lipinski definition) is 7. The normalized spacial score (nSPS) is 14.9. The number of para-hydroxylation sites is 1. The molecule has 0 spiro atoms. The van der Waals surface area contributed by atoms with Crippen molar-refractivity contribution in [1.29, 1.82) is 0 Å². The van der Waals surface area contributed by atoms with Crippen LogP contribution in [-0.2, 0) is 9.57 Å². The number of aromatic nitrogens is 1. The van der Waals surface area contributed by atoms with Crippen LogP contribution in [0.4, 0.5) is 5.69 Å². The van der Waals surface area contributed by atoms with E-state index in [0.29, 0.717) is 12.1 Å². The highest BCUT2D eigenvalue weighted by Crippen LogP contribution is 2.16. The summed E-state index contributed by atoms with van der Waals surface area (Å²) < 4.78 is 5.77. The molecule has 2 heterocycles. The molecule has 1 aliphatic heterocycles. The van der Waals surface area contributed by atoms with E-state index in [1.54, 1.807) is 24.5 Å². The van der Waals surface area contributed by atoms with E-state index in [2.05, 4.69) is 44.2 Å². The lowest BCUT2D eigenvalue weighted by atomic mass is 10.2. The maximum Gasteiger partial charge on any atom is 0.340 e. The van der Waals surface area contributed by atoms with Gasteiger partial charge in [0.1, 0.15) is 0 Å². The number of carbonyl (C=O) groups excluding carboxylic acids is 1. The Balaban J connectivity index is 0.00000324. The second-order valence-corrected chi connectivity index (χ2v) is 7.83. The number of hydrogen-bond donors (Lipinski definition) is 0. The third-order valence-electron chi connectivity index (χ3n) is 5.46. The summed E-state index contributed by atoms with van der Waals surface area (Å²) in [7, 11) is 0. The molecular formula is C26H29ClN4O3. The van der Waals surface area contributed by atoms with Gasteiger partial charge in [0.15, 0.2) is 12.7 Å². The molecule has 34 heavy (non-hydrogen) atoms. The largest absolute Gasteiger partial charge is 0.454 e. The van der Waals surface area contributed by atoms with Gasteiger partial charge in [0.2, 0.25) is 0 Å². The summed E-state index contributed by atoms with van der Waals surface area (Å²) in [4.78, 5) is 26.8. The Kier molecular flexibility index (Phi) is 9.88. The van der Waals surface area contributed by atoms with Crippen molar-refractivity contribution < 1.29 is 14.4 Å². The third kappa shape index (κ3) is 7.57. The predicted octanol–water partition coefficient (Wildman–Crippen LogP) is 3.90. The fraction of sp³-hybridized carbons (Fsp3) is 0.269. The highest BCUT2D eigenvalue weighted by Gasteiger charge is 2.24. The topological polar surface area (TPSA) is 67.3 Å². The summed E-state index contributed by atoms with van der Waals surface area (Å²) in [6, 6.07) is 23.5. The summed E-state index contributed by atoms with van der Waals surface area (Å²) >= 11 is 0. The predicted molar refractivity (Wildman–Crippen MR) is 136 cm³/mol. The number of rotatable bonds is 9. The fourth-order valence-corrected chi connectivity index (χ4v) is 3.71. The van der Waals surface area contributed by atoms with E-state index in [9.17, 15) is 4.79 Å². The van der Waals surface area contributed by atoms with E-state index in [4.69, 9.17) is 9.57 Å². The molecule has 1 aromatic heterocycles. The molecule has 1 fully saturated rings. The number of benzene rings is 2. The Morgan fingerprint density at radius 3 is 2.35 bits per heavy atom. The second kappa shape index (κ2) is 13.3. The summed E-state index contributed by atoms with van der Waals surface area (Å²) in [6.45, 7) is 4.34. The highest BCUT2D eigenvalue weighted by atomic mass is 35.5. The molecule has 0 radical (unpaired) electrons. The molecule has 0 amide bonds. The van der Waals surface area contributed by atoms with Gasteiger partial charge in [-0.25, -0.2) is 4.79 Å². The first-order chi connectivity index (χ1) is 16.3. The van der Waals surface area contributed by atoms with Gasteiger partial charge in [0.05, 0.1) is 11.8 Å². The number of nitrogens with zero attached hydrogens (tertiary/aromatic N) is 4. The number of esters is 1. The zero-order valence-electron chi connectivity index (χ0n) is 18.9. The Morgan fingerprint density at radius 2 is 1.68 bits per heavy atom. The number of oxime groups is 1. The monoisotopic (exact) mass is 480 g/mol. The van der Waals surface area contributed by atoms with Crippen molar-refractivity contribution in [3.8, 4) is 0 Å². The van der Waals surface area contributed by atoms with Crippen molar-refractivity contribution in [3.63, 3.8) is 0 Å². The standard InChI is InChI=1S/C26H28N4O3.ClH/c31-26(23-10-7-13-27-19-23)33-25(21-32-28-18-22-8-3-1-4-9-22)20-29-14-16-30(17-15-29)24-11-5-2-6-12-24;/h1-13,18-19,25H,14-17,20-21H2;1H. The molecule has 1 atom stereocenters. The van der Waals surface area contributed by atoms with Crippen LogP contribution in [-0.4, -0.2) is 67.5 Å². The van der Waals surface area contributed by atoms with E-state index >= 15 is 0 Å². The molecule has 0 saturated carbocycles. The van der Waals surface area contributed by atoms with Crippen LogP contribution < -0.4 is 4.90 Å². The smallest absolute Gasteiger partial charge is 0.340 e. The minimum Gasteiger partial charge on any atom is -0.454 e. The Hall–Kier alpha value is -3.42. The first-order valence-electron chi connectivity index (χ1n) is 11.1. The molecular weight excluding hydrogens is 452 g/mol. The van der Waals surface area contributed by atoms with Gasteiger partial charge in [-0.2, -0.15) is 0 Å². The number of pyridine rings is 1. The average molecular weight is 481 g/mol. The zero-order chi connectivity index (χ0) is 22.7. The quantitative estimate of drug-likeness (QED) is 0.263. The lowest BCUT2D eigenvalue weighted by molar-refractivity contribution is -0.0155. The fourth-order valence-electron chi connectivity index (χ4n) is 3.71. The molecule has 0 N–H and O–H groups in total. The summed E-state index contributed by atoms with van der Waals surface area (Å²) in [5.74, 6) is -0.410. The van der Waals surface area contributed by atoms with Crippen LogP contribution in [0.3, 0.4) is 0 Å². The van der Waals surface area contributed by atoms with Gasteiger partial charge in [-0.1, -0.05) is 53.7 Å². The molecule has 1 unspecified atom stereocenters. The second-order valence-electron chi connectivity index (χ2n) is 7.83. The average Bonchev–Trinajstić information content (AvgIpc) is 2.88. The summed E-state index contributed by atoms with van der Waals surface area (Å²) in [6.07, 6.45) is 4.33.